The molecule has 26 heavy (non-hydrogen) atoms. The molecule has 4 N–H and O–H groups in total. The third kappa shape index (κ3) is 34.3. The van der Waals surface area contributed by atoms with Crippen LogP contribution in [0, 0.1) is 11.8 Å². The standard InChI is InChI=1S/C7H16O2.C7H12O2.C4H8O2.2CH4/c2*1-3-7(2,9)5-4-6-8;1-3-5-6-4-2;;/h8-9H,3-6H2,1-2H3;8-9H,3,6H2,1-2H3;3H,1,4H2,2H3;2*1H4. The highest BCUT2D eigenvalue weighted by Gasteiger charge is 2.15. The molecular weight excluding hydrogens is 336 g/mol. The Labute approximate surface area is 161 Å². The molecule has 0 bridgehead atoms. The molecule has 0 aliphatic heterocycles. The van der Waals surface area contributed by atoms with Gasteiger partial charge in [0.05, 0.1) is 12.2 Å². The van der Waals surface area contributed by atoms with Crippen molar-refractivity contribution in [3.8, 4) is 11.8 Å². The van der Waals surface area contributed by atoms with Gasteiger partial charge in [-0.2, -0.15) is 4.89 Å². The van der Waals surface area contributed by atoms with Crippen LogP contribution in [0.4, 0.5) is 0 Å². The zero-order valence-corrected chi connectivity index (χ0v) is 15.8. The molecule has 0 heterocycles. The van der Waals surface area contributed by atoms with Crippen LogP contribution in [-0.2, 0) is 9.78 Å². The Morgan fingerprint density at radius 1 is 1.04 bits per heavy atom. The highest BCUT2D eigenvalue weighted by Crippen LogP contribution is 2.14. The van der Waals surface area contributed by atoms with Gasteiger partial charge in [-0.15, -0.1) is 0 Å². The average Bonchev–Trinajstić information content (AvgIpc) is 2.57. The molecule has 0 aliphatic rings. The van der Waals surface area contributed by atoms with Crippen LogP contribution in [0.25, 0.3) is 0 Å². The molecule has 0 spiro atoms. The molecule has 0 saturated heterocycles. The molecule has 0 aromatic heterocycles. The van der Waals surface area contributed by atoms with Gasteiger partial charge in [-0.1, -0.05) is 47.1 Å². The normalized spacial score (nSPS) is 13.1. The van der Waals surface area contributed by atoms with Crippen molar-refractivity contribution in [1.29, 1.82) is 0 Å². The Balaban J connectivity index is -0.0000000834. The minimum atomic E-state index is -0.928. The van der Waals surface area contributed by atoms with E-state index in [9.17, 15) is 5.11 Å². The zero-order valence-electron chi connectivity index (χ0n) is 15.8. The molecule has 0 aromatic carbocycles. The molecule has 0 radical (unpaired) electrons. The fraction of sp³-hybridized carbons (Fsp3) is 0.800. The van der Waals surface area contributed by atoms with Crippen LogP contribution in [0.3, 0.4) is 0 Å². The maximum Gasteiger partial charge on any atom is 0.122 e. The van der Waals surface area contributed by atoms with Crippen LogP contribution in [-0.4, -0.2) is 51.4 Å². The number of aliphatic hydroxyl groups excluding tert-OH is 2. The van der Waals surface area contributed by atoms with E-state index in [0.29, 0.717) is 25.9 Å². The lowest BCUT2D eigenvalue weighted by molar-refractivity contribution is -0.244. The molecule has 2 unspecified atom stereocenters. The summed E-state index contributed by atoms with van der Waals surface area (Å²) in [6, 6.07) is 0. The van der Waals surface area contributed by atoms with E-state index in [1.165, 1.54) is 6.26 Å². The highest BCUT2D eigenvalue weighted by atomic mass is 17.2. The molecule has 6 heteroatoms. The van der Waals surface area contributed by atoms with Crippen LogP contribution in [0.1, 0.15) is 75.2 Å². The first-order valence-electron chi connectivity index (χ1n) is 8.21. The second kappa shape index (κ2) is 23.9. The van der Waals surface area contributed by atoms with Crippen LogP contribution < -0.4 is 0 Å². The lowest BCUT2D eigenvalue weighted by Crippen LogP contribution is -2.22. The Kier molecular flexibility index (Phi) is 33.0. The molecule has 0 aliphatic carbocycles. The van der Waals surface area contributed by atoms with E-state index in [1.807, 2.05) is 20.8 Å². The molecule has 0 fully saturated rings. The van der Waals surface area contributed by atoms with Gasteiger partial charge in [0.1, 0.15) is 18.5 Å². The van der Waals surface area contributed by atoms with Crippen molar-refractivity contribution in [3.05, 3.63) is 12.8 Å². The van der Waals surface area contributed by atoms with Gasteiger partial charge in [0.25, 0.3) is 0 Å². The van der Waals surface area contributed by atoms with E-state index in [-0.39, 0.29) is 28.1 Å². The Bertz CT molecular complexity index is 329. The lowest BCUT2D eigenvalue weighted by atomic mass is 9.98. The molecule has 0 amide bonds. The summed E-state index contributed by atoms with van der Waals surface area (Å²) in [6.07, 6.45) is 3.97. The summed E-state index contributed by atoms with van der Waals surface area (Å²) in [5, 5.41) is 35.2. The van der Waals surface area contributed by atoms with Crippen molar-refractivity contribution in [2.75, 3.05) is 19.8 Å². The number of hydrogen-bond donors (Lipinski definition) is 4. The van der Waals surface area contributed by atoms with Gasteiger partial charge >= 0.3 is 0 Å². The average molecular weight is 381 g/mol. The lowest BCUT2D eigenvalue weighted by Gasteiger charge is -2.19. The maximum atomic E-state index is 9.34. The summed E-state index contributed by atoms with van der Waals surface area (Å²) in [5.74, 6) is 4.91. The fourth-order valence-electron chi connectivity index (χ4n) is 1.07. The second-order valence-corrected chi connectivity index (χ2v) is 5.43. The van der Waals surface area contributed by atoms with Gasteiger partial charge in [0.2, 0.25) is 0 Å². The molecular formula is C20H44O6. The molecule has 0 rings (SSSR count). The van der Waals surface area contributed by atoms with Crippen LogP contribution >= 0.6 is 0 Å². The van der Waals surface area contributed by atoms with Gasteiger partial charge in [0.15, 0.2) is 0 Å². The molecule has 6 nitrogen and oxygen atoms in total. The SMILES string of the molecule is C.C.C=COOCC.CCC(C)(O)C#CCO.CCC(C)(O)CCCO. The van der Waals surface area contributed by atoms with E-state index >= 15 is 0 Å². The third-order valence-corrected chi connectivity index (χ3v) is 3.01. The highest BCUT2D eigenvalue weighted by molar-refractivity contribution is 5.11. The number of hydrogen-bond acceptors (Lipinski definition) is 6. The third-order valence-electron chi connectivity index (χ3n) is 3.01. The summed E-state index contributed by atoms with van der Waals surface area (Å²) in [7, 11) is 0. The quantitative estimate of drug-likeness (QED) is 0.169. The summed E-state index contributed by atoms with van der Waals surface area (Å²) in [5.41, 5.74) is -1.49. The first-order chi connectivity index (χ1) is 11.2. The summed E-state index contributed by atoms with van der Waals surface area (Å²) in [4.78, 5) is 8.61. The largest absolute Gasteiger partial charge is 0.396 e. The minimum Gasteiger partial charge on any atom is -0.396 e. The Hall–Kier alpha value is -1.10. The van der Waals surface area contributed by atoms with Gasteiger partial charge in [-0.3, -0.25) is 0 Å². The number of rotatable bonds is 8. The second-order valence-electron chi connectivity index (χ2n) is 5.43. The molecule has 2 atom stereocenters. The Morgan fingerprint density at radius 2 is 1.58 bits per heavy atom. The van der Waals surface area contributed by atoms with Crippen molar-refractivity contribution in [2.24, 2.45) is 0 Å². The first-order valence-corrected chi connectivity index (χ1v) is 8.21. The number of aliphatic hydroxyl groups is 4. The summed E-state index contributed by atoms with van der Waals surface area (Å²) in [6.45, 7) is 12.8. The predicted molar refractivity (Wildman–Crippen MR) is 109 cm³/mol. The smallest absolute Gasteiger partial charge is 0.122 e. The van der Waals surface area contributed by atoms with Gasteiger partial charge < -0.3 is 25.3 Å². The van der Waals surface area contributed by atoms with Crippen LogP contribution in [0.2, 0.25) is 0 Å². The van der Waals surface area contributed by atoms with Crippen molar-refractivity contribution in [3.63, 3.8) is 0 Å². The predicted octanol–water partition coefficient (Wildman–Crippen LogP) is 3.43. The van der Waals surface area contributed by atoms with Gasteiger partial charge in [-0.25, -0.2) is 0 Å². The van der Waals surface area contributed by atoms with Crippen LogP contribution in [0.15, 0.2) is 12.8 Å². The fourth-order valence-corrected chi connectivity index (χ4v) is 1.07. The van der Waals surface area contributed by atoms with Crippen molar-refractivity contribution in [1.82, 2.24) is 0 Å². The summed E-state index contributed by atoms with van der Waals surface area (Å²) < 4.78 is 0. The topological polar surface area (TPSA) is 99.4 Å². The van der Waals surface area contributed by atoms with Crippen molar-refractivity contribution in [2.45, 2.75) is 86.4 Å². The monoisotopic (exact) mass is 380 g/mol. The zero-order chi connectivity index (χ0) is 19.5. The van der Waals surface area contributed by atoms with Crippen LogP contribution in [0.5, 0.6) is 0 Å². The van der Waals surface area contributed by atoms with Crippen molar-refractivity contribution < 1.29 is 30.2 Å². The molecule has 0 aromatic rings. The maximum absolute atomic E-state index is 9.34. The first kappa shape index (κ1) is 35.9. The van der Waals surface area contributed by atoms with E-state index in [4.69, 9.17) is 15.3 Å². The van der Waals surface area contributed by atoms with E-state index in [2.05, 4.69) is 28.2 Å². The molecule has 160 valence electrons. The molecule has 0 saturated carbocycles. The minimum absolute atomic E-state index is 0. The Morgan fingerprint density at radius 3 is 1.85 bits per heavy atom. The van der Waals surface area contributed by atoms with E-state index in [1.54, 1.807) is 13.8 Å². The van der Waals surface area contributed by atoms with E-state index < -0.39 is 11.2 Å². The van der Waals surface area contributed by atoms with Gasteiger partial charge in [0, 0.05) is 6.61 Å². The van der Waals surface area contributed by atoms with E-state index in [0.717, 1.165) is 6.42 Å². The van der Waals surface area contributed by atoms with Crippen molar-refractivity contribution >= 4 is 0 Å². The van der Waals surface area contributed by atoms with Gasteiger partial charge in [-0.05, 0) is 46.5 Å². The summed E-state index contributed by atoms with van der Waals surface area (Å²) >= 11 is 0.